The van der Waals surface area contributed by atoms with Gasteiger partial charge in [0.1, 0.15) is 5.75 Å². The van der Waals surface area contributed by atoms with Crippen LogP contribution in [0.25, 0.3) is 0 Å². The van der Waals surface area contributed by atoms with Gasteiger partial charge in [-0.05, 0) is 19.1 Å². The van der Waals surface area contributed by atoms with Crippen molar-refractivity contribution in [1.29, 1.82) is 0 Å². The van der Waals surface area contributed by atoms with Crippen molar-refractivity contribution in [2.75, 3.05) is 20.3 Å². The summed E-state index contributed by atoms with van der Waals surface area (Å²) in [5.41, 5.74) is 1.53. The molecule has 0 aliphatic carbocycles. The standard InChI is InChI=1S/C14H19NO3/c1-9-7-18-8-12(9)15-14(16)11-5-4-6-13(17-3)10(11)2/h4-6,9,12H,7-8H2,1-3H3,(H,15,16)/t9-,12+/m1/s1. The summed E-state index contributed by atoms with van der Waals surface area (Å²) in [5.74, 6) is 1.03. The summed E-state index contributed by atoms with van der Waals surface area (Å²) < 4.78 is 10.6. The van der Waals surface area contributed by atoms with Crippen LogP contribution in [0.2, 0.25) is 0 Å². The van der Waals surface area contributed by atoms with Crippen molar-refractivity contribution in [3.05, 3.63) is 29.3 Å². The van der Waals surface area contributed by atoms with Gasteiger partial charge in [-0.25, -0.2) is 0 Å². The second kappa shape index (κ2) is 5.40. The first-order valence-electron chi connectivity index (χ1n) is 6.15. The predicted octanol–water partition coefficient (Wildman–Crippen LogP) is 1.77. The molecule has 1 fully saturated rings. The van der Waals surface area contributed by atoms with E-state index in [0.29, 0.717) is 24.7 Å². The van der Waals surface area contributed by atoms with E-state index >= 15 is 0 Å². The molecule has 98 valence electrons. The normalized spacial score (nSPS) is 22.8. The molecule has 0 spiro atoms. The zero-order valence-corrected chi connectivity index (χ0v) is 11.0. The molecule has 4 heteroatoms. The zero-order valence-electron chi connectivity index (χ0n) is 11.0. The summed E-state index contributed by atoms with van der Waals surface area (Å²) >= 11 is 0. The molecule has 1 N–H and O–H groups in total. The summed E-state index contributed by atoms with van der Waals surface area (Å²) in [6.07, 6.45) is 0. The molecule has 1 aromatic carbocycles. The number of nitrogens with one attached hydrogen (secondary N) is 1. The van der Waals surface area contributed by atoms with Crippen LogP contribution in [0.15, 0.2) is 18.2 Å². The Morgan fingerprint density at radius 1 is 1.44 bits per heavy atom. The number of hydrogen-bond donors (Lipinski definition) is 1. The van der Waals surface area contributed by atoms with Crippen molar-refractivity contribution in [2.45, 2.75) is 19.9 Å². The second-order valence-electron chi connectivity index (χ2n) is 4.73. The topological polar surface area (TPSA) is 47.6 Å². The molecule has 1 aliphatic heterocycles. The van der Waals surface area contributed by atoms with Crippen LogP contribution in [0.3, 0.4) is 0 Å². The summed E-state index contributed by atoms with van der Waals surface area (Å²) in [4.78, 5) is 12.2. The summed E-state index contributed by atoms with van der Waals surface area (Å²) in [5, 5.41) is 3.02. The SMILES string of the molecule is COc1cccc(C(=O)N[C@H]2COC[C@H]2C)c1C. The third kappa shape index (κ3) is 2.48. The van der Waals surface area contributed by atoms with E-state index in [0.717, 1.165) is 11.3 Å². The largest absolute Gasteiger partial charge is 0.496 e. The Morgan fingerprint density at radius 3 is 2.83 bits per heavy atom. The Morgan fingerprint density at radius 2 is 2.22 bits per heavy atom. The molecule has 1 saturated heterocycles. The monoisotopic (exact) mass is 249 g/mol. The van der Waals surface area contributed by atoms with Crippen molar-refractivity contribution in [2.24, 2.45) is 5.92 Å². The molecule has 2 atom stereocenters. The van der Waals surface area contributed by atoms with Gasteiger partial charge in [0.2, 0.25) is 0 Å². The molecular weight excluding hydrogens is 230 g/mol. The predicted molar refractivity (Wildman–Crippen MR) is 69.0 cm³/mol. The maximum atomic E-state index is 12.2. The maximum absolute atomic E-state index is 12.2. The van der Waals surface area contributed by atoms with Crippen LogP contribution in [0, 0.1) is 12.8 Å². The van der Waals surface area contributed by atoms with Gasteiger partial charge < -0.3 is 14.8 Å². The fraction of sp³-hybridized carbons (Fsp3) is 0.500. The molecule has 0 aromatic heterocycles. The van der Waals surface area contributed by atoms with Gasteiger partial charge in [-0.1, -0.05) is 13.0 Å². The van der Waals surface area contributed by atoms with Gasteiger partial charge in [-0.15, -0.1) is 0 Å². The van der Waals surface area contributed by atoms with Gasteiger partial charge in [0, 0.05) is 17.0 Å². The van der Waals surface area contributed by atoms with E-state index in [1.807, 2.05) is 25.1 Å². The van der Waals surface area contributed by atoms with E-state index in [-0.39, 0.29) is 11.9 Å². The van der Waals surface area contributed by atoms with Crippen LogP contribution >= 0.6 is 0 Å². The fourth-order valence-corrected chi connectivity index (χ4v) is 2.17. The average Bonchev–Trinajstić information content (AvgIpc) is 2.75. The van der Waals surface area contributed by atoms with Crippen molar-refractivity contribution in [3.8, 4) is 5.75 Å². The lowest BCUT2D eigenvalue weighted by Crippen LogP contribution is -2.39. The molecule has 0 unspecified atom stereocenters. The van der Waals surface area contributed by atoms with Crippen LogP contribution in [0.4, 0.5) is 0 Å². The number of amides is 1. The van der Waals surface area contributed by atoms with E-state index in [2.05, 4.69) is 12.2 Å². The highest BCUT2D eigenvalue weighted by molar-refractivity contribution is 5.96. The van der Waals surface area contributed by atoms with E-state index in [4.69, 9.17) is 9.47 Å². The first-order chi connectivity index (χ1) is 8.63. The minimum atomic E-state index is -0.0613. The summed E-state index contributed by atoms with van der Waals surface area (Å²) in [7, 11) is 1.61. The molecular formula is C14H19NO3. The van der Waals surface area contributed by atoms with Crippen LogP contribution in [-0.2, 0) is 4.74 Å². The number of carbonyl (C=O) groups is 1. The molecule has 0 radical (unpaired) electrons. The number of ether oxygens (including phenoxy) is 2. The highest BCUT2D eigenvalue weighted by Crippen LogP contribution is 2.21. The van der Waals surface area contributed by atoms with Crippen molar-refractivity contribution in [1.82, 2.24) is 5.32 Å². The smallest absolute Gasteiger partial charge is 0.251 e. The van der Waals surface area contributed by atoms with Gasteiger partial charge in [0.05, 0.1) is 26.4 Å². The van der Waals surface area contributed by atoms with Gasteiger partial charge in [-0.2, -0.15) is 0 Å². The number of methoxy groups -OCH3 is 1. The van der Waals surface area contributed by atoms with Gasteiger partial charge in [0.25, 0.3) is 5.91 Å². The molecule has 1 amide bonds. The maximum Gasteiger partial charge on any atom is 0.251 e. The fourth-order valence-electron chi connectivity index (χ4n) is 2.17. The highest BCUT2D eigenvalue weighted by atomic mass is 16.5. The molecule has 1 heterocycles. The molecule has 1 aromatic rings. The zero-order chi connectivity index (χ0) is 13.1. The van der Waals surface area contributed by atoms with E-state index in [9.17, 15) is 4.79 Å². The lowest BCUT2D eigenvalue weighted by atomic mass is 10.0. The molecule has 1 aliphatic rings. The van der Waals surface area contributed by atoms with Crippen LogP contribution in [0.5, 0.6) is 5.75 Å². The second-order valence-corrected chi connectivity index (χ2v) is 4.73. The number of hydrogen-bond acceptors (Lipinski definition) is 3. The third-order valence-corrected chi connectivity index (χ3v) is 3.43. The minimum Gasteiger partial charge on any atom is -0.496 e. The Labute approximate surface area is 107 Å². The van der Waals surface area contributed by atoms with Crippen molar-refractivity contribution >= 4 is 5.91 Å². The van der Waals surface area contributed by atoms with Crippen molar-refractivity contribution in [3.63, 3.8) is 0 Å². The Kier molecular flexibility index (Phi) is 3.87. The first-order valence-corrected chi connectivity index (χ1v) is 6.15. The number of benzene rings is 1. The molecule has 2 rings (SSSR count). The molecule has 0 saturated carbocycles. The van der Waals surface area contributed by atoms with E-state index < -0.39 is 0 Å². The van der Waals surface area contributed by atoms with Crippen molar-refractivity contribution < 1.29 is 14.3 Å². The van der Waals surface area contributed by atoms with Gasteiger partial charge in [-0.3, -0.25) is 4.79 Å². The molecule has 18 heavy (non-hydrogen) atoms. The third-order valence-electron chi connectivity index (χ3n) is 3.43. The summed E-state index contributed by atoms with van der Waals surface area (Å²) in [6, 6.07) is 5.60. The first kappa shape index (κ1) is 12.9. The van der Waals surface area contributed by atoms with Gasteiger partial charge in [0.15, 0.2) is 0 Å². The van der Waals surface area contributed by atoms with Crippen LogP contribution in [0.1, 0.15) is 22.8 Å². The minimum absolute atomic E-state index is 0.0613. The Balaban J connectivity index is 2.13. The Hall–Kier alpha value is -1.55. The molecule has 0 bridgehead atoms. The summed E-state index contributed by atoms with van der Waals surface area (Å²) in [6.45, 7) is 5.27. The molecule has 4 nitrogen and oxygen atoms in total. The average molecular weight is 249 g/mol. The van der Waals surface area contributed by atoms with E-state index in [1.165, 1.54) is 0 Å². The van der Waals surface area contributed by atoms with Crippen LogP contribution in [-0.4, -0.2) is 32.3 Å². The van der Waals surface area contributed by atoms with Crippen LogP contribution < -0.4 is 10.1 Å². The van der Waals surface area contributed by atoms with Gasteiger partial charge >= 0.3 is 0 Å². The quantitative estimate of drug-likeness (QED) is 0.888. The Bertz CT molecular complexity index is 445. The lowest BCUT2D eigenvalue weighted by molar-refractivity contribution is 0.0925. The number of rotatable bonds is 3. The lowest BCUT2D eigenvalue weighted by Gasteiger charge is -2.17. The number of carbonyl (C=O) groups excluding carboxylic acids is 1. The highest BCUT2D eigenvalue weighted by Gasteiger charge is 2.26. The van der Waals surface area contributed by atoms with E-state index in [1.54, 1.807) is 7.11 Å².